The number of halogens is 2. The summed E-state index contributed by atoms with van der Waals surface area (Å²) in [6.07, 6.45) is 0. The van der Waals surface area contributed by atoms with Crippen molar-refractivity contribution >= 4 is 17.3 Å². The Morgan fingerprint density at radius 3 is 2.80 bits per heavy atom. The largest absolute Gasteiger partial charge is 0.411 e. The number of aromatic nitrogens is 1. The number of hydrogen-bond acceptors (Lipinski definition) is 3. The van der Waals surface area contributed by atoms with E-state index in [1.807, 2.05) is 0 Å². The minimum absolute atomic E-state index is 0.141. The van der Waals surface area contributed by atoms with Crippen LogP contribution in [0.3, 0.4) is 0 Å². The van der Waals surface area contributed by atoms with Crippen molar-refractivity contribution in [2.24, 2.45) is 0 Å². The molecule has 0 aliphatic heterocycles. The quantitative estimate of drug-likeness (QED) is 0.761. The topological polar surface area (TPSA) is 52.0 Å². The molecule has 2 aromatic rings. The molecule has 1 heterocycles. The first-order valence-electron chi connectivity index (χ1n) is 4.26. The molecule has 15 heavy (non-hydrogen) atoms. The van der Waals surface area contributed by atoms with Gasteiger partial charge in [0.2, 0.25) is 5.89 Å². The van der Waals surface area contributed by atoms with Crippen LogP contribution in [-0.4, -0.2) is 4.98 Å². The van der Waals surface area contributed by atoms with Gasteiger partial charge in [-0.1, -0.05) is 11.6 Å². The fourth-order valence-electron chi connectivity index (χ4n) is 1.20. The normalized spacial score (nSPS) is 10.6. The summed E-state index contributed by atoms with van der Waals surface area (Å²) < 4.78 is 17.8. The van der Waals surface area contributed by atoms with Crippen LogP contribution in [-0.2, 0) is 0 Å². The zero-order valence-electron chi connectivity index (χ0n) is 7.92. The molecule has 0 aliphatic rings. The number of aryl methyl sites for hydroxylation is 1. The van der Waals surface area contributed by atoms with E-state index in [4.69, 9.17) is 21.8 Å². The summed E-state index contributed by atoms with van der Waals surface area (Å²) in [6, 6.07) is 4.15. The summed E-state index contributed by atoms with van der Waals surface area (Å²) in [7, 11) is 0. The van der Waals surface area contributed by atoms with Crippen LogP contribution in [0.4, 0.5) is 10.1 Å². The Kier molecular flexibility index (Phi) is 2.36. The van der Waals surface area contributed by atoms with Crippen LogP contribution in [0.25, 0.3) is 11.5 Å². The lowest BCUT2D eigenvalue weighted by atomic mass is 10.2. The molecule has 0 fully saturated rings. The van der Waals surface area contributed by atoms with Gasteiger partial charge >= 0.3 is 6.01 Å². The van der Waals surface area contributed by atoms with Crippen molar-refractivity contribution in [2.75, 3.05) is 5.73 Å². The lowest BCUT2D eigenvalue weighted by Crippen LogP contribution is -1.86. The van der Waals surface area contributed by atoms with Crippen molar-refractivity contribution in [3.63, 3.8) is 0 Å². The molecule has 0 amide bonds. The molecule has 0 saturated heterocycles. The average molecular weight is 227 g/mol. The van der Waals surface area contributed by atoms with E-state index in [9.17, 15) is 4.39 Å². The molecule has 0 atom stereocenters. The van der Waals surface area contributed by atoms with Crippen LogP contribution in [0.2, 0.25) is 5.02 Å². The molecule has 0 radical (unpaired) electrons. The lowest BCUT2D eigenvalue weighted by Gasteiger charge is -2.00. The molecule has 0 saturated carbocycles. The molecule has 3 nitrogen and oxygen atoms in total. The van der Waals surface area contributed by atoms with Gasteiger partial charge in [0.25, 0.3) is 0 Å². The second-order valence-electron chi connectivity index (χ2n) is 3.12. The van der Waals surface area contributed by atoms with Crippen LogP contribution < -0.4 is 5.73 Å². The fraction of sp³-hybridized carbons (Fsp3) is 0.100. The highest BCUT2D eigenvalue weighted by atomic mass is 35.5. The number of nitrogen functional groups attached to an aromatic ring is 1. The molecule has 1 aromatic carbocycles. The van der Waals surface area contributed by atoms with Crippen molar-refractivity contribution in [1.82, 2.24) is 4.98 Å². The first kappa shape index (κ1) is 9.98. The Labute approximate surface area is 90.7 Å². The van der Waals surface area contributed by atoms with Gasteiger partial charge in [0.15, 0.2) is 0 Å². The van der Waals surface area contributed by atoms with Gasteiger partial charge in [-0.15, -0.1) is 0 Å². The number of oxazole rings is 1. The second-order valence-corrected chi connectivity index (χ2v) is 3.52. The van der Waals surface area contributed by atoms with Crippen molar-refractivity contribution in [3.05, 3.63) is 34.9 Å². The number of benzene rings is 1. The molecule has 0 bridgehead atoms. The van der Waals surface area contributed by atoms with E-state index in [0.717, 1.165) is 0 Å². The van der Waals surface area contributed by atoms with Gasteiger partial charge in [0.05, 0.1) is 10.6 Å². The van der Waals surface area contributed by atoms with Crippen molar-refractivity contribution in [3.8, 4) is 11.5 Å². The fourth-order valence-corrected chi connectivity index (χ4v) is 1.40. The number of anilines is 1. The van der Waals surface area contributed by atoms with E-state index in [2.05, 4.69) is 4.98 Å². The van der Waals surface area contributed by atoms with Crippen LogP contribution in [0.15, 0.2) is 22.6 Å². The lowest BCUT2D eigenvalue weighted by molar-refractivity contribution is 0.362. The number of hydrogen-bond donors (Lipinski definition) is 1. The third kappa shape index (κ3) is 1.80. The number of nitrogens with two attached hydrogens (primary N) is 1. The Balaban J connectivity index is 2.58. The van der Waals surface area contributed by atoms with Gasteiger partial charge in [-0.25, -0.2) is 4.98 Å². The summed E-state index contributed by atoms with van der Waals surface area (Å²) in [4.78, 5) is 3.90. The highest BCUT2D eigenvalue weighted by molar-refractivity contribution is 6.33. The maximum atomic E-state index is 13.0. The van der Waals surface area contributed by atoms with E-state index in [1.165, 1.54) is 6.92 Å². The van der Waals surface area contributed by atoms with Gasteiger partial charge in [0.1, 0.15) is 5.69 Å². The number of rotatable bonds is 1. The van der Waals surface area contributed by atoms with Gasteiger partial charge < -0.3 is 10.2 Å². The third-order valence-corrected chi connectivity index (χ3v) is 2.29. The monoisotopic (exact) mass is 226 g/mol. The van der Waals surface area contributed by atoms with Gasteiger partial charge in [-0.05, 0) is 25.1 Å². The molecule has 2 N–H and O–H groups in total. The minimum Gasteiger partial charge on any atom is -0.411 e. The van der Waals surface area contributed by atoms with Crippen LogP contribution >= 0.6 is 11.6 Å². The van der Waals surface area contributed by atoms with Crippen LogP contribution in [0, 0.1) is 12.9 Å². The first-order valence-corrected chi connectivity index (χ1v) is 4.64. The molecule has 0 spiro atoms. The van der Waals surface area contributed by atoms with Crippen molar-refractivity contribution < 1.29 is 8.81 Å². The third-order valence-electron chi connectivity index (χ3n) is 1.96. The van der Waals surface area contributed by atoms with E-state index in [0.29, 0.717) is 16.3 Å². The summed E-state index contributed by atoms with van der Waals surface area (Å²) in [6.45, 7) is 1.52. The van der Waals surface area contributed by atoms with Crippen LogP contribution in [0.5, 0.6) is 0 Å². The zero-order chi connectivity index (χ0) is 11.0. The smallest absolute Gasteiger partial charge is 0.301 e. The van der Waals surface area contributed by atoms with Gasteiger partial charge in [0, 0.05) is 5.69 Å². The average Bonchev–Trinajstić information content (AvgIpc) is 2.51. The molecular weight excluding hydrogens is 219 g/mol. The van der Waals surface area contributed by atoms with Crippen molar-refractivity contribution in [1.29, 1.82) is 0 Å². The Bertz CT molecular complexity index is 491. The maximum absolute atomic E-state index is 13.0. The summed E-state index contributed by atoms with van der Waals surface area (Å²) in [5, 5.41) is 0.422. The van der Waals surface area contributed by atoms with E-state index >= 15 is 0 Å². The molecule has 2 rings (SSSR count). The molecule has 1 aromatic heterocycles. The molecule has 78 valence electrons. The first-order chi connectivity index (χ1) is 7.08. The van der Waals surface area contributed by atoms with Crippen molar-refractivity contribution in [2.45, 2.75) is 6.92 Å². The zero-order valence-corrected chi connectivity index (χ0v) is 8.68. The Morgan fingerprint density at radius 1 is 1.47 bits per heavy atom. The highest BCUT2D eigenvalue weighted by Crippen LogP contribution is 2.29. The van der Waals surface area contributed by atoms with Gasteiger partial charge in [-0.3, -0.25) is 0 Å². The predicted molar refractivity (Wildman–Crippen MR) is 56.1 cm³/mol. The Morgan fingerprint density at radius 2 is 2.20 bits per heavy atom. The van der Waals surface area contributed by atoms with Crippen LogP contribution in [0.1, 0.15) is 5.69 Å². The van der Waals surface area contributed by atoms with E-state index in [1.54, 1.807) is 18.2 Å². The molecule has 0 aliphatic carbocycles. The van der Waals surface area contributed by atoms with E-state index < -0.39 is 6.01 Å². The highest BCUT2D eigenvalue weighted by Gasteiger charge is 2.13. The van der Waals surface area contributed by atoms with Gasteiger partial charge in [-0.2, -0.15) is 4.39 Å². The molecule has 0 unspecified atom stereocenters. The second kappa shape index (κ2) is 3.55. The molecule has 5 heteroatoms. The SMILES string of the molecule is Cc1nc(-c2cc(N)ccc2Cl)oc1F. The summed E-state index contributed by atoms with van der Waals surface area (Å²) in [5.74, 6) is 0.141. The number of nitrogens with zero attached hydrogens (tertiary/aromatic N) is 1. The summed E-state index contributed by atoms with van der Waals surface area (Å²) in [5.41, 5.74) is 6.79. The minimum atomic E-state index is -0.705. The standard InChI is InChI=1S/C10H8ClFN2O/c1-5-9(12)15-10(14-5)7-4-6(13)2-3-8(7)11/h2-4H,13H2,1H3. The summed E-state index contributed by atoms with van der Waals surface area (Å²) >= 11 is 5.91. The molecular formula is C10H8ClFN2O. The maximum Gasteiger partial charge on any atom is 0.301 e. The van der Waals surface area contributed by atoms with E-state index in [-0.39, 0.29) is 11.6 Å². The predicted octanol–water partition coefficient (Wildman–Crippen LogP) is 3.02. The Hall–Kier alpha value is -1.55.